The fourth-order valence-electron chi connectivity index (χ4n) is 5.71. The predicted molar refractivity (Wildman–Crippen MR) is 156 cm³/mol. The van der Waals surface area contributed by atoms with Crippen LogP contribution in [0, 0.1) is 11.7 Å². The average molecular weight is 549 g/mol. The summed E-state index contributed by atoms with van der Waals surface area (Å²) >= 11 is 0. The molecule has 5 aromatic heterocycles. The highest BCUT2D eigenvalue weighted by Gasteiger charge is 2.18. The molecule has 1 aromatic carbocycles. The Bertz CT molecular complexity index is 1860. The lowest BCUT2D eigenvalue weighted by molar-refractivity contribution is 0.411. The first-order chi connectivity index (χ1) is 20.1. The standard InChI is InChI=1S/C31H29FN8O/c1-41-23-8-20(7-22(32)9-23)25-15-35-16-28-29(25)38-31(37-28)30-24-10-26(36-17-27(24)39-40-30)21-6-19(13-34-14-21)12-33-11-18-4-2-3-5-18/h6-10,13-18,33H,2-5,11-12H2,1H3,(H,37,38)(H,39,40). The molecule has 3 N–H and O–H groups in total. The van der Waals surface area contributed by atoms with Crippen LogP contribution in [0.1, 0.15) is 31.2 Å². The molecule has 1 fully saturated rings. The summed E-state index contributed by atoms with van der Waals surface area (Å²) in [6.07, 6.45) is 14.2. The van der Waals surface area contributed by atoms with E-state index in [1.807, 2.05) is 18.5 Å². The number of ether oxygens (including phenoxy) is 1. The fraction of sp³-hybridized carbons (Fsp3) is 0.258. The highest BCUT2D eigenvalue weighted by molar-refractivity contribution is 5.97. The lowest BCUT2D eigenvalue weighted by Gasteiger charge is -2.11. The monoisotopic (exact) mass is 548 g/mol. The third-order valence-electron chi connectivity index (χ3n) is 7.81. The number of pyridine rings is 3. The minimum absolute atomic E-state index is 0.395. The molecule has 0 aliphatic heterocycles. The first-order valence-electron chi connectivity index (χ1n) is 13.8. The van der Waals surface area contributed by atoms with Gasteiger partial charge in [-0.05, 0) is 60.7 Å². The van der Waals surface area contributed by atoms with E-state index >= 15 is 0 Å². The Morgan fingerprint density at radius 3 is 2.71 bits per heavy atom. The molecule has 0 atom stereocenters. The third kappa shape index (κ3) is 5.02. The predicted octanol–water partition coefficient (Wildman–Crippen LogP) is 6.05. The summed E-state index contributed by atoms with van der Waals surface area (Å²) in [7, 11) is 1.51. The molecule has 0 spiro atoms. The van der Waals surface area contributed by atoms with Crippen molar-refractivity contribution in [2.75, 3.05) is 13.7 Å². The number of H-pyrrole nitrogens is 2. The molecule has 206 valence electrons. The normalized spacial score (nSPS) is 13.9. The molecule has 1 aliphatic rings. The summed E-state index contributed by atoms with van der Waals surface area (Å²) in [6, 6.07) is 8.69. The molecule has 41 heavy (non-hydrogen) atoms. The maximum Gasteiger partial charge on any atom is 0.159 e. The van der Waals surface area contributed by atoms with E-state index in [0.29, 0.717) is 39.4 Å². The molecule has 0 bridgehead atoms. The highest BCUT2D eigenvalue weighted by Crippen LogP contribution is 2.33. The van der Waals surface area contributed by atoms with Crippen LogP contribution in [0.15, 0.2) is 61.3 Å². The molecule has 6 aromatic rings. The van der Waals surface area contributed by atoms with E-state index in [-0.39, 0.29) is 0 Å². The van der Waals surface area contributed by atoms with Crippen molar-refractivity contribution in [3.05, 3.63) is 72.7 Å². The van der Waals surface area contributed by atoms with Crippen molar-refractivity contribution >= 4 is 21.9 Å². The lowest BCUT2D eigenvalue weighted by atomic mass is 10.1. The van der Waals surface area contributed by atoms with Crippen LogP contribution in [0.25, 0.3) is 55.8 Å². The molecule has 5 heterocycles. The molecule has 7 rings (SSSR count). The summed E-state index contributed by atoms with van der Waals surface area (Å²) in [4.78, 5) is 21.7. The Morgan fingerprint density at radius 1 is 0.951 bits per heavy atom. The van der Waals surface area contributed by atoms with Crippen LogP contribution in [0.3, 0.4) is 0 Å². The Morgan fingerprint density at radius 2 is 1.83 bits per heavy atom. The van der Waals surface area contributed by atoms with Gasteiger partial charge in [0.15, 0.2) is 5.82 Å². The van der Waals surface area contributed by atoms with Crippen molar-refractivity contribution in [1.82, 2.24) is 40.4 Å². The summed E-state index contributed by atoms with van der Waals surface area (Å²) in [6.45, 7) is 1.83. The number of hydrogen-bond donors (Lipinski definition) is 3. The molecule has 0 radical (unpaired) electrons. The van der Waals surface area contributed by atoms with Crippen molar-refractivity contribution in [2.45, 2.75) is 32.2 Å². The smallest absolute Gasteiger partial charge is 0.159 e. The number of hydrogen-bond acceptors (Lipinski definition) is 7. The first-order valence-corrected chi connectivity index (χ1v) is 13.8. The number of fused-ring (bicyclic) bond motifs is 2. The van der Waals surface area contributed by atoms with E-state index in [1.165, 1.54) is 44.9 Å². The van der Waals surface area contributed by atoms with Gasteiger partial charge in [0, 0.05) is 47.7 Å². The Labute approximate surface area is 235 Å². The zero-order valence-electron chi connectivity index (χ0n) is 22.6. The number of imidazole rings is 1. The zero-order valence-corrected chi connectivity index (χ0v) is 22.6. The number of methoxy groups -OCH3 is 1. The highest BCUT2D eigenvalue weighted by atomic mass is 19.1. The molecule has 10 heteroatoms. The van der Waals surface area contributed by atoms with Crippen LogP contribution in [0.5, 0.6) is 5.75 Å². The number of aromatic amines is 2. The zero-order chi connectivity index (χ0) is 27.8. The Hall–Kier alpha value is -4.70. The molecular weight excluding hydrogens is 519 g/mol. The van der Waals surface area contributed by atoms with Crippen LogP contribution in [-0.2, 0) is 6.54 Å². The average Bonchev–Trinajstić information content (AvgIpc) is 3.76. The third-order valence-corrected chi connectivity index (χ3v) is 7.81. The van der Waals surface area contributed by atoms with Gasteiger partial charge in [0.05, 0.1) is 41.7 Å². The quantitative estimate of drug-likeness (QED) is 0.212. The second kappa shape index (κ2) is 10.7. The molecule has 0 amide bonds. The van der Waals surface area contributed by atoms with E-state index in [9.17, 15) is 4.39 Å². The van der Waals surface area contributed by atoms with E-state index in [4.69, 9.17) is 9.72 Å². The van der Waals surface area contributed by atoms with Crippen LogP contribution in [0.4, 0.5) is 4.39 Å². The minimum Gasteiger partial charge on any atom is -0.497 e. The second-order valence-electron chi connectivity index (χ2n) is 10.6. The minimum atomic E-state index is -0.395. The van der Waals surface area contributed by atoms with Crippen molar-refractivity contribution in [3.63, 3.8) is 0 Å². The van der Waals surface area contributed by atoms with Gasteiger partial charge < -0.3 is 15.0 Å². The first kappa shape index (κ1) is 25.3. The summed E-state index contributed by atoms with van der Waals surface area (Å²) in [5.74, 6) is 1.39. The van der Waals surface area contributed by atoms with Gasteiger partial charge in [0.1, 0.15) is 17.3 Å². The largest absolute Gasteiger partial charge is 0.497 e. The molecule has 1 saturated carbocycles. The fourth-order valence-corrected chi connectivity index (χ4v) is 5.71. The van der Waals surface area contributed by atoms with Crippen LogP contribution in [0.2, 0.25) is 0 Å². The number of nitrogens with zero attached hydrogens (tertiary/aromatic N) is 5. The number of nitrogens with one attached hydrogen (secondary N) is 3. The molecular formula is C31H29FN8O. The van der Waals surface area contributed by atoms with E-state index in [2.05, 4.69) is 41.5 Å². The van der Waals surface area contributed by atoms with Crippen LogP contribution >= 0.6 is 0 Å². The molecule has 0 unspecified atom stereocenters. The summed E-state index contributed by atoms with van der Waals surface area (Å²) in [5, 5.41) is 12.1. The Kier molecular flexibility index (Phi) is 6.60. The van der Waals surface area contributed by atoms with Crippen LogP contribution < -0.4 is 10.1 Å². The van der Waals surface area contributed by atoms with Gasteiger partial charge in [-0.3, -0.25) is 20.1 Å². The van der Waals surface area contributed by atoms with Gasteiger partial charge in [-0.25, -0.2) is 9.37 Å². The van der Waals surface area contributed by atoms with Crippen molar-refractivity contribution < 1.29 is 9.13 Å². The number of halogens is 1. The van der Waals surface area contributed by atoms with Gasteiger partial charge in [-0.15, -0.1) is 0 Å². The van der Waals surface area contributed by atoms with E-state index in [1.54, 1.807) is 24.7 Å². The topological polar surface area (TPSA) is 117 Å². The van der Waals surface area contributed by atoms with E-state index in [0.717, 1.165) is 46.7 Å². The Balaban J connectivity index is 1.21. The van der Waals surface area contributed by atoms with Gasteiger partial charge >= 0.3 is 0 Å². The van der Waals surface area contributed by atoms with Crippen LogP contribution in [-0.4, -0.2) is 48.8 Å². The van der Waals surface area contributed by atoms with Gasteiger partial charge in [-0.2, -0.15) is 5.10 Å². The SMILES string of the molecule is COc1cc(F)cc(-c2cncc3[nH]c(-c4n[nH]c5cnc(-c6cncc(CNCC7CCCC7)c6)cc45)nc23)c1. The lowest BCUT2D eigenvalue weighted by Crippen LogP contribution is -2.20. The number of rotatable bonds is 8. The van der Waals surface area contributed by atoms with Crippen molar-refractivity contribution in [2.24, 2.45) is 5.92 Å². The van der Waals surface area contributed by atoms with Crippen molar-refractivity contribution in [3.8, 4) is 39.7 Å². The van der Waals surface area contributed by atoms with Crippen molar-refractivity contribution in [1.29, 1.82) is 0 Å². The number of benzene rings is 1. The van der Waals surface area contributed by atoms with Gasteiger partial charge in [0.25, 0.3) is 0 Å². The maximum absolute atomic E-state index is 14.3. The number of aromatic nitrogens is 7. The van der Waals surface area contributed by atoms with Gasteiger partial charge in [-0.1, -0.05) is 12.8 Å². The molecule has 1 aliphatic carbocycles. The summed E-state index contributed by atoms with van der Waals surface area (Å²) in [5.41, 5.74) is 7.01. The molecule has 9 nitrogen and oxygen atoms in total. The molecule has 0 saturated heterocycles. The summed E-state index contributed by atoms with van der Waals surface area (Å²) < 4.78 is 19.5. The van der Waals surface area contributed by atoms with E-state index < -0.39 is 5.82 Å². The van der Waals surface area contributed by atoms with Gasteiger partial charge in [0.2, 0.25) is 0 Å². The maximum atomic E-state index is 14.3. The second-order valence-corrected chi connectivity index (χ2v) is 10.6.